The minimum Gasteiger partial charge on any atom is -0.399 e. The summed E-state index contributed by atoms with van der Waals surface area (Å²) in [6.07, 6.45) is 1.51. The molecule has 0 fully saturated rings. The molecule has 25 heavy (non-hydrogen) atoms. The van der Waals surface area contributed by atoms with Crippen LogP contribution < -0.4 is 16.5 Å². The molecule has 0 unspecified atom stereocenters. The van der Waals surface area contributed by atoms with Crippen LogP contribution in [0.4, 0.5) is 10.1 Å². The lowest BCUT2D eigenvalue weighted by Gasteiger charge is -2.12. The van der Waals surface area contributed by atoms with E-state index in [1.165, 1.54) is 18.3 Å². The van der Waals surface area contributed by atoms with Gasteiger partial charge >= 0.3 is 0 Å². The van der Waals surface area contributed by atoms with E-state index in [1.807, 2.05) is 6.92 Å². The number of hydrogen-bond donors (Lipinski definition) is 2. The molecule has 5 nitrogen and oxygen atoms in total. The Kier molecular flexibility index (Phi) is 4.52. The van der Waals surface area contributed by atoms with E-state index < -0.39 is 17.2 Å². The molecule has 1 aromatic heterocycles. The van der Waals surface area contributed by atoms with Gasteiger partial charge in [0.25, 0.3) is 5.91 Å². The number of hydrogen-bond acceptors (Lipinski definition) is 3. The molecule has 1 heterocycles. The van der Waals surface area contributed by atoms with Crippen molar-refractivity contribution in [3.8, 4) is 0 Å². The van der Waals surface area contributed by atoms with Gasteiger partial charge in [-0.15, -0.1) is 0 Å². The van der Waals surface area contributed by atoms with Crippen LogP contribution in [-0.2, 0) is 13.1 Å². The normalized spacial score (nSPS) is 10.8. The summed E-state index contributed by atoms with van der Waals surface area (Å²) in [6.45, 7) is 2.72. The van der Waals surface area contributed by atoms with Gasteiger partial charge < -0.3 is 15.6 Å². The number of nitrogens with one attached hydrogen (secondary N) is 1. The van der Waals surface area contributed by atoms with E-state index in [2.05, 4.69) is 5.32 Å². The van der Waals surface area contributed by atoms with Crippen molar-refractivity contribution in [3.63, 3.8) is 0 Å². The van der Waals surface area contributed by atoms with Gasteiger partial charge in [0.1, 0.15) is 11.4 Å². The maximum absolute atomic E-state index is 13.5. The Morgan fingerprint density at radius 1 is 1.20 bits per heavy atom. The second-order valence-electron chi connectivity index (χ2n) is 5.74. The molecule has 6 heteroatoms. The number of aryl methyl sites for hydroxylation is 1. The van der Waals surface area contributed by atoms with Crippen LogP contribution in [0.2, 0.25) is 0 Å². The highest BCUT2D eigenvalue weighted by atomic mass is 19.1. The number of amides is 1. The first-order valence-electron chi connectivity index (χ1n) is 7.95. The van der Waals surface area contributed by atoms with Gasteiger partial charge in [0.15, 0.2) is 0 Å². The van der Waals surface area contributed by atoms with Crippen molar-refractivity contribution in [2.45, 2.75) is 20.0 Å². The molecule has 3 N–H and O–H groups in total. The quantitative estimate of drug-likeness (QED) is 0.718. The number of nitrogens with zero attached hydrogens (tertiary/aromatic N) is 1. The van der Waals surface area contributed by atoms with Gasteiger partial charge in [0.05, 0.1) is 5.52 Å². The third-order valence-electron chi connectivity index (χ3n) is 4.06. The number of nitrogen functional groups attached to an aromatic ring is 1. The average molecular weight is 339 g/mol. The molecular formula is C19H18FN3O2. The van der Waals surface area contributed by atoms with E-state index >= 15 is 0 Å². The Balaban J connectivity index is 1.94. The molecule has 0 radical (unpaired) electrons. The topological polar surface area (TPSA) is 77.1 Å². The number of pyridine rings is 1. The number of nitrogens with two attached hydrogens (primary N) is 1. The van der Waals surface area contributed by atoms with E-state index in [1.54, 1.807) is 34.9 Å². The molecule has 0 saturated carbocycles. The first-order chi connectivity index (χ1) is 12.0. The number of carbonyl (C=O) groups is 1. The lowest BCUT2D eigenvalue weighted by Crippen LogP contribution is -2.29. The Labute approximate surface area is 143 Å². The van der Waals surface area contributed by atoms with Crippen molar-refractivity contribution in [2.75, 3.05) is 5.73 Å². The highest BCUT2D eigenvalue weighted by Crippen LogP contribution is 2.14. The first kappa shape index (κ1) is 16.7. The summed E-state index contributed by atoms with van der Waals surface area (Å²) in [4.78, 5) is 25.0. The van der Waals surface area contributed by atoms with Crippen LogP contribution in [-0.4, -0.2) is 10.5 Å². The highest BCUT2D eigenvalue weighted by Gasteiger charge is 2.15. The number of fused-ring (bicyclic) bond motifs is 1. The number of benzene rings is 2. The van der Waals surface area contributed by atoms with Crippen molar-refractivity contribution < 1.29 is 9.18 Å². The molecule has 0 aliphatic heterocycles. The Morgan fingerprint density at radius 2 is 1.92 bits per heavy atom. The van der Waals surface area contributed by atoms with E-state index in [9.17, 15) is 14.0 Å². The van der Waals surface area contributed by atoms with Gasteiger partial charge in [-0.3, -0.25) is 9.59 Å². The summed E-state index contributed by atoms with van der Waals surface area (Å²) < 4.78 is 15.3. The summed E-state index contributed by atoms with van der Waals surface area (Å²) in [5.41, 5.74) is 7.25. The third kappa shape index (κ3) is 3.38. The zero-order valence-electron chi connectivity index (χ0n) is 13.8. The molecular weight excluding hydrogens is 321 g/mol. The Morgan fingerprint density at radius 3 is 2.60 bits per heavy atom. The summed E-state index contributed by atoms with van der Waals surface area (Å²) in [5.74, 6) is -0.998. The fraction of sp³-hybridized carbons (Fsp3) is 0.158. The van der Waals surface area contributed by atoms with Crippen LogP contribution in [0, 0.1) is 5.82 Å². The number of halogens is 1. The molecule has 3 aromatic rings. The zero-order valence-corrected chi connectivity index (χ0v) is 13.8. The zero-order chi connectivity index (χ0) is 18.0. The molecule has 0 saturated heterocycles. The fourth-order valence-electron chi connectivity index (χ4n) is 2.71. The monoisotopic (exact) mass is 339 g/mol. The van der Waals surface area contributed by atoms with Gasteiger partial charge in [-0.2, -0.15) is 0 Å². The van der Waals surface area contributed by atoms with Crippen LogP contribution >= 0.6 is 0 Å². The number of aromatic nitrogens is 1. The van der Waals surface area contributed by atoms with Gasteiger partial charge in [0, 0.05) is 30.4 Å². The predicted molar refractivity (Wildman–Crippen MR) is 95.9 cm³/mol. The van der Waals surface area contributed by atoms with E-state index in [4.69, 9.17) is 5.73 Å². The number of rotatable bonds is 4. The lowest BCUT2D eigenvalue weighted by molar-refractivity contribution is 0.0949. The Bertz CT molecular complexity index is 994. The van der Waals surface area contributed by atoms with Crippen LogP contribution in [0.25, 0.3) is 10.9 Å². The van der Waals surface area contributed by atoms with Crippen LogP contribution in [0.5, 0.6) is 0 Å². The molecule has 3 rings (SSSR count). The largest absolute Gasteiger partial charge is 0.399 e. The molecule has 1 amide bonds. The van der Waals surface area contributed by atoms with Gasteiger partial charge in [0.2, 0.25) is 5.43 Å². The highest BCUT2D eigenvalue weighted by molar-refractivity contribution is 5.97. The van der Waals surface area contributed by atoms with Crippen molar-refractivity contribution in [2.24, 2.45) is 0 Å². The molecule has 2 aromatic carbocycles. The standard InChI is InChI=1S/C19H18FN3O2/c1-2-23-11-16(18(24)15-9-13(20)5-8-17(15)23)19(25)22-10-12-3-6-14(21)7-4-12/h3-9,11H,2,10,21H2,1H3,(H,22,25). The third-order valence-corrected chi connectivity index (χ3v) is 4.06. The van der Waals surface area contributed by atoms with Crippen molar-refractivity contribution >= 4 is 22.5 Å². The minimum atomic E-state index is -0.508. The van der Waals surface area contributed by atoms with Gasteiger partial charge in [-0.25, -0.2) is 4.39 Å². The first-order valence-corrected chi connectivity index (χ1v) is 7.95. The number of anilines is 1. The maximum Gasteiger partial charge on any atom is 0.257 e. The van der Waals surface area contributed by atoms with Crippen LogP contribution in [0.1, 0.15) is 22.8 Å². The van der Waals surface area contributed by atoms with E-state index in [0.29, 0.717) is 17.7 Å². The van der Waals surface area contributed by atoms with Gasteiger partial charge in [-0.05, 0) is 42.8 Å². The van der Waals surface area contributed by atoms with Gasteiger partial charge in [-0.1, -0.05) is 12.1 Å². The van der Waals surface area contributed by atoms with Crippen molar-refractivity contribution in [1.82, 2.24) is 9.88 Å². The molecule has 0 spiro atoms. The SMILES string of the molecule is CCn1cc(C(=O)NCc2ccc(N)cc2)c(=O)c2cc(F)ccc21. The second-order valence-corrected chi connectivity index (χ2v) is 5.74. The summed E-state index contributed by atoms with van der Waals surface area (Å²) in [6, 6.07) is 11.1. The fourth-order valence-corrected chi connectivity index (χ4v) is 2.71. The maximum atomic E-state index is 13.5. The smallest absolute Gasteiger partial charge is 0.257 e. The molecule has 0 atom stereocenters. The van der Waals surface area contributed by atoms with E-state index in [0.717, 1.165) is 5.56 Å². The van der Waals surface area contributed by atoms with Crippen LogP contribution in [0.15, 0.2) is 53.5 Å². The van der Waals surface area contributed by atoms with Crippen LogP contribution in [0.3, 0.4) is 0 Å². The Hall–Kier alpha value is -3.15. The lowest BCUT2D eigenvalue weighted by atomic mass is 10.1. The molecule has 0 bridgehead atoms. The van der Waals surface area contributed by atoms with E-state index in [-0.39, 0.29) is 17.5 Å². The molecule has 0 aliphatic rings. The predicted octanol–water partition coefficient (Wildman–Crippen LogP) is 2.67. The average Bonchev–Trinajstić information content (AvgIpc) is 2.61. The molecule has 128 valence electrons. The number of carbonyl (C=O) groups excluding carboxylic acids is 1. The second kappa shape index (κ2) is 6.76. The summed E-state index contributed by atoms with van der Waals surface area (Å²) in [5, 5.41) is 2.92. The summed E-state index contributed by atoms with van der Waals surface area (Å²) in [7, 11) is 0. The molecule has 0 aliphatic carbocycles. The van der Waals surface area contributed by atoms with Crippen molar-refractivity contribution in [3.05, 3.63) is 75.8 Å². The minimum absolute atomic E-state index is 0.00426. The summed E-state index contributed by atoms with van der Waals surface area (Å²) >= 11 is 0. The van der Waals surface area contributed by atoms with Crippen molar-refractivity contribution in [1.29, 1.82) is 0 Å².